The van der Waals surface area contributed by atoms with Gasteiger partial charge in [0, 0.05) is 67.9 Å². The van der Waals surface area contributed by atoms with Gasteiger partial charge >= 0.3 is 11.8 Å². The average Bonchev–Trinajstić information content (AvgIpc) is 3.65. The highest BCUT2D eigenvalue weighted by molar-refractivity contribution is 6.27. The molecule has 306 valence electrons. The summed E-state index contributed by atoms with van der Waals surface area (Å²) in [6.45, 7) is 14.7. The molecule has 0 fully saturated rings. The Morgan fingerprint density at radius 3 is 2.39 bits per heavy atom. The third-order valence-electron chi connectivity index (χ3n) is 11.9. The lowest BCUT2D eigenvalue weighted by Crippen LogP contribution is -2.48. The van der Waals surface area contributed by atoms with E-state index in [0.717, 1.165) is 5.57 Å². The number of hydrogen-bond donors (Lipinski definition) is 6. The molecule has 0 spiro atoms. The fourth-order valence-corrected chi connectivity index (χ4v) is 8.13. The predicted octanol–water partition coefficient (Wildman–Crippen LogP) is 6.22. The quantitative estimate of drug-likeness (QED) is 0.114. The number of phenolic OH excluding ortho intramolecular Hbond substituents is 2. The molecule has 4 heterocycles. The molecule has 6 N–H and O–H groups in total. The number of nitrogens with zero attached hydrogens (tertiary/aromatic N) is 1. The average molecular weight is 788 g/mol. The fraction of sp³-hybridized carbons (Fsp3) is 0.465. The van der Waals surface area contributed by atoms with Gasteiger partial charge in [-0.3, -0.25) is 14.4 Å². The Balaban J connectivity index is 1.54. The zero-order valence-corrected chi connectivity index (χ0v) is 34.0. The van der Waals surface area contributed by atoms with Gasteiger partial charge in [0.25, 0.3) is 11.7 Å². The molecule has 2 aromatic carbocycles. The van der Waals surface area contributed by atoms with Crippen LogP contribution in [0.15, 0.2) is 60.1 Å². The Kier molecular flexibility index (Phi) is 11.0. The molecule has 14 heteroatoms. The van der Waals surface area contributed by atoms with Crippen molar-refractivity contribution in [2.24, 2.45) is 17.8 Å². The van der Waals surface area contributed by atoms with Crippen molar-refractivity contribution in [1.29, 1.82) is 0 Å². The number of carbonyl (C=O) groups is 3. The van der Waals surface area contributed by atoms with E-state index in [0.29, 0.717) is 11.4 Å². The van der Waals surface area contributed by atoms with E-state index in [4.69, 9.17) is 18.9 Å². The molecule has 0 aromatic heterocycles. The van der Waals surface area contributed by atoms with Crippen molar-refractivity contribution in [2.75, 3.05) is 22.6 Å². The summed E-state index contributed by atoms with van der Waals surface area (Å²) in [6.07, 6.45) is 9.92. The van der Waals surface area contributed by atoms with Gasteiger partial charge in [-0.05, 0) is 51.5 Å². The molecule has 0 saturated heterocycles. The lowest BCUT2D eigenvalue weighted by molar-refractivity contribution is -0.171. The van der Waals surface area contributed by atoms with E-state index in [-0.39, 0.29) is 51.1 Å². The van der Waals surface area contributed by atoms with Gasteiger partial charge in [0.15, 0.2) is 5.75 Å². The van der Waals surface area contributed by atoms with E-state index < -0.39 is 77.0 Å². The van der Waals surface area contributed by atoms with Crippen molar-refractivity contribution in [2.45, 2.75) is 105 Å². The molecule has 4 aliphatic heterocycles. The third kappa shape index (κ3) is 7.14. The Bertz CT molecular complexity index is 2170. The van der Waals surface area contributed by atoms with Gasteiger partial charge in [0.2, 0.25) is 0 Å². The van der Waals surface area contributed by atoms with Crippen LogP contribution in [0.1, 0.15) is 77.7 Å². The van der Waals surface area contributed by atoms with Gasteiger partial charge in [0.05, 0.1) is 46.9 Å². The Morgan fingerprint density at radius 1 is 1.02 bits per heavy atom. The summed E-state index contributed by atoms with van der Waals surface area (Å²) in [6, 6.07) is 0. The predicted molar refractivity (Wildman–Crippen MR) is 215 cm³/mol. The van der Waals surface area contributed by atoms with Gasteiger partial charge in [-0.1, -0.05) is 39.0 Å². The zero-order valence-electron chi connectivity index (χ0n) is 34.0. The van der Waals surface area contributed by atoms with Crippen molar-refractivity contribution < 1.29 is 53.8 Å². The minimum Gasteiger partial charge on any atom is -0.507 e. The molecular formula is C43H53N3O11. The van der Waals surface area contributed by atoms with Crippen LogP contribution >= 0.6 is 0 Å². The first-order chi connectivity index (χ1) is 26.7. The Labute approximate surface area is 332 Å². The maximum Gasteiger partial charge on any atom is 0.312 e. The van der Waals surface area contributed by atoms with Crippen LogP contribution in [0, 0.1) is 24.7 Å². The van der Waals surface area contributed by atoms with Crippen LogP contribution < -0.4 is 20.3 Å². The van der Waals surface area contributed by atoms with E-state index >= 15 is 0 Å². The standard InChI is InChI=1S/C43H53N3O11/c1-20-14-16-46-29(18-20)44-33-30-31-37(50)24(5)39-32(30)40(52)43(9,57-39)55-17-15-28(54-10)25(6)42(8,56-26(7)47)19-27(48)23(4)36(49)21(2)12-11-13-22(3)41(53)45-34(35(33)46)38(31)51/h11-18,21,23,25,27-29,36,44,48-51H,19H2,1-10H3,(H,45,53)/b12-11+,17-15+,22-13-/t21-,23-,25+,27-,28-,29?,36-,42+,43-/m0/s1. The van der Waals surface area contributed by atoms with Crippen molar-refractivity contribution in [3.05, 3.63) is 71.2 Å². The van der Waals surface area contributed by atoms with Crippen LogP contribution in [0.2, 0.25) is 0 Å². The number of nitrogens with one attached hydrogen (secondary N) is 2. The van der Waals surface area contributed by atoms with Crippen molar-refractivity contribution in [3.63, 3.8) is 0 Å². The number of hydrogen-bond acceptors (Lipinski definition) is 13. The molecule has 4 bridgehead atoms. The van der Waals surface area contributed by atoms with Gasteiger partial charge in [0.1, 0.15) is 29.0 Å². The number of benzene rings is 2. The van der Waals surface area contributed by atoms with Gasteiger partial charge in [-0.25, -0.2) is 0 Å². The van der Waals surface area contributed by atoms with Crippen LogP contribution in [0.25, 0.3) is 10.8 Å². The summed E-state index contributed by atoms with van der Waals surface area (Å²) in [4.78, 5) is 42.6. The van der Waals surface area contributed by atoms with Crippen molar-refractivity contribution in [1.82, 2.24) is 0 Å². The van der Waals surface area contributed by atoms with Crippen LogP contribution in [0.4, 0.5) is 17.1 Å². The number of aliphatic hydroxyl groups is 2. The molecule has 4 aliphatic rings. The molecule has 2 aromatic rings. The van der Waals surface area contributed by atoms with E-state index in [1.54, 1.807) is 72.0 Å². The van der Waals surface area contributed by atoms with E-state index in [2.05, 4.69) is 10.6 Å². The second kappa shape index (κ2) is 15.2. The van der Waals surface area contributed by atoms with Crippen LogP contribution in [0.3, 0.4) is 0 Å². The third-order valence-corrected chi connectivity index (χ3v) is 11.9. The molecular weight excluding hydrogens is 734 g/mol. The SMILES string of the molecule is CO[C@H]1/C=C/O[C@@]2(C)Oc3c(C)c(O)c4c(O)c(c5c(c4c3C2=O)NC2C=C(C)C=CN52)NC(=O)/C(C)=C\C=C\[C@H](C)[C@H](O)[C@@H](C)[C@@H](O)C[C@@](C)(OC(C)=O)[C@@H]1C. The minimum absolute atomic E-state index is 0.0105. The number of aromatic hydroxyl groups is 2. The van der Waals surface area contributed by atoms with Crippen LogP contribution in [0.5, 0.6) is 17.2 Å². The highest BCUT2D eigenvalue weighted by Crippen LogP contribution is 2.59. The lowest BCUT2D eigenvalue weighted by atomic mass is 9.77. The fourth-order valence-electron chi connectivity index (χ4n) is 8.13. The number of Topliss-reactive ketones (excluding diaryl/α,β-unsaturated/α-hetero) is 1. The number of rotatable bonds is 2. The molecule has 1 amide bonds. The molecule has 9 atom stereocenters. The number of fused-ring (bicyclic) bond motifs is 2. The van der Waals surface area contributed by atoms with E-state index in [1.165, 1.54) is 27.2 Å². The first-order valence-electron chi connectivity index (χ1n) is 19.1. The number of phenols is 2. The summed E-state index contributed by atoms with van der Waals surface area (Å²) in [7, 11) is 1.46. The first-order valence-corrected chi connectivity index (χ1v) is 19.1. The van der Waals surface area contributed by atoms with E-state index in [1.807, 2.05) is 24.0 Å². The number of ether oxygens (including phenoxy) is 4. The molecule has 0 radical (unpaired) electrons. The van der Waals surface area contributed by atoms with Crippen LogP contribution in [-0.4, -0.2) is 81.1 Å². The van der Waals surface area contributed by atoms with Gasteiger partial charge in [-0.2, -0.15) is 0 Å². The number of methoxy groups -OCH3 is 1. The molecule has 0 aliphatic carbocycles. The number of aliphatic hydroxyl groups excluding tert-OH is 2. The Hall–Kier alpha value is -5.31. The minimum atomic E-state index is -1.94. The normalized spacial score (nSPS) is 33.6. The van der Waals surface area contributed by atoms with Gasteiger partial charge < -0.3 is 54.9 Å². The highest BCUT2D eigenvalue weighted by atomic mass is 16.7. The summed E-state index contributed by atoms with van der Waals surface area (Å²) in [5.41, 5.74) is 0.889. The number of esters is 1. The molecule has 14 nitrogen and oxygen atoms in total. The largest absolute Gasteiger partial charge is 0.507 e. The smallest absolute Gasteiger partial charge is 0.312 e. The monoisotopic (exact) mass is 787 g/mol. The van der Waals surface area contributed by atoms with Crippen molar-refractivity contribution >= 4 is 45.5 Å². The summed E-state index contributed by atoms with van der Waals surface area (Å²) >= 11 is 0. The van der Waals surface area contributed by atoms with Gasteiger partial charge in [-0.15, -0.1) is 0 Å². The molecule has 0 saturated carbocycles. The lowest BCUT2D eigenvalue weighted by Gasteiger charge is -2.40. The number of carbonyl (C=O) groups excluding carboxylic acids is 3. The summed E-state index contributed by atoms with van der Waals surface area (Å²) in [5.74, 6) is -6.15. The number of amides is 1. The second-order valence-corrected chi connectivity index (χ2v) is 16.0. The number of allylic oxidation sites excluding steroid dienone is 4. The summed E-state index contributed by atoms with van der Waals surface area (Å²) in [5, 5.41) is 52.9. The number of anilines is 3. The number of ketones is 1. The topological polar surface area (TPSA) is 196 Å². The zero-order chi connectivity index (χ0) is 41.9. The summed E-state index contributed by atoms with van der Waals surface area (Å²) < 4.78 is 24.0. The maximum atomic E-state index is 14.6. The van der Waals surface area contributed by atoms with Crippen LogP contribution in [-0.2, 0) is 23.8 Å². The molecule has 6 rings (SSSR count). The first kappa shape index (κ1) is 41.3. The van der Waals surface area contributed by atoms with E-state index in [9.17, 15) is 34.8 Å². The Morgan fingerprint density at radius 2 is 1.72 bits per heavy atom. The highest BCUT2D eigenvalue weighted by Gasteiger charge is 2.51. The molecule has 57 heavy (non-hydrogen) atoms. The van der Waals surface area contributed by atoms with Crippen molar-refractivity contribution in [3.8, 4) is 17.2 Å². The maximum absolute atomic E-state index is 14.6. The molecule has 1 unspecified atom stereocenters. The second-order valence-electron chi connectivity index (χ2n) is 16.0.